The summed E-state index contributed by atoms with van der Waals surface area (Å²) in [6, 6.07) is 11.0. The second-order valence-electron chi connectivity index (χ2n) is 7.13. The third kappa shape index (κ3) is 4.32. The molecule has 0 bridgehead atoms. The van der Waals surface area contributed by atoms with Crippen LogP contribution in [0.3, 0.4) is 0 Å². The number of rotatable bonds is 7. The molecule has 2 aliphatic rings. The van der Waals surface area contributed by atoms with Gasteiger partial charge >= 0.3 is 0 Å². The Balaban J connectivity index is 1.82. The van der Waals surface area contributed by atoms with Gasteiger partial charge in [-0.15, -0.1) is 0 Å². The first-order chi connectivity index (χ1) is 11.3. The van der Waals surface area contributed by atoms with E-state index >= 15 is 0 Å². The second kappa shape index (κ2) is 8.23. The molecule has 0 radical (unpaired) electrons. The van der Waals surface area contributed by atoms with E-state index in [2.05, 4.69) is 41.8 Å². The highest BCUT2D eigenvalue weighted by atomic mass is 32.1. The molecule has 2 saturated carbocycles. The third-order valence-corrected chi connectivity index (χ3v) is 5.69. The van der Waals surface area contributed by atoms with Gasteiger partial charge in [-0.1, -0.05) is 49.6 Å². The first-order valence-corrected chi connectivity index (χ1v) is 9.91. The van der Waals surface area contributed by atoms with E-state index in [0.717, 1.165) is 18.7 Å². The van der Waals surface area contributed by atoms with Crippen LogP contribution in [0.5, 0.6) is 0 Å². The van der Waals surface area contributed by atoms with E-state index in [0.29, 0.717) is 17.9 Å². The summed E-state index contributed by atoms with van der Waals surface area (Å²) in [5.41, 5.74) is 1.22. The summed E-state index contributed by atoms with van der Waals surface area (Å²) in [5.74, 6) is 1.83. The highest BCUT2D eigenvalue weighted by Gasteiger charge is 2.39. The van der Waals surface area contributed by atoms with Crippen molar-refractivity contribution in [2.75, 3.05) is 12.3 Å². The number of thiol groups is 1. The van der Waals surface area contributed by atoms with E-state index in [4.69, 9.17) is 0 Å². The van der Waals surface area contributed by atoms with Crippen molar-refractivity contribution in [2.45, 2.75) is 63.3 Å². The number of carbonyl (C=O) groups is 1. The number of benzene rings is 1. The van der Waals surface area contributed by atoms with Crippen LogP contribution in [0.15, 0.2) is 30.3 Å². The molecule has 2 aliphatic carbocycles. The smallest absolute Gasteiger partial charge is 0.230 e. The third-order valence-electron chi connectivity index (χ3n) is 5.37. The molecule has 0 aliphatic heterocycles. The predicted molar refractivity (Wildman–Crippen MR) is 99.0 cm³/mol. The van der Waals surface area contributed by atoms with E-state index in [1.54, 1.807) is 0 Å². The van der Waals surface area contributed by atoms with Gasteiger partial charge in [-0.2, -0.15) is 12.6 Å². The van der Waals surface area contributed by atoms with Crippen LogP contribution in [0.4, 0.5) is 0 Å². The first-order valence-electron chi connectivity index (χ1n) is 9.27. The van der Waals surface area contributed by atoms with Crippen LogP contribution in [-0.2, 0) is 4.79 Å². The van der Waals surface area contributed by atoms with Crippen LogP contribution in [0.1, 0.15) is 62.8 Å². The second-order valence-corrected chi connectivity index (χ2v) is 7.57. The van der Waals surface area contributed by atoms with Gasteiger partial charge < -0.3 is 4.90 Å². The summed E-state index contributed by atoms with van der Waals surface area (Å²) < 4.78 is 0. The van der Waals surface area contributed by atoms with Crippen LogP contribution in [-0.4, -0.2) is 29.1 Å². The zero-order chi connectivity index (χ0) is 16.1. The van der Waals surface area contributed by atoms with Crippen LogP contribution in [0.25, 0.3) is 0 Å². The molecule has 0 heterocycles. The summed E-state index contributed by atoms with van der Waals surface area (Å²) in [4.78, 5) is 15.6. The average molecular weight is 332 g/mol. The molecule has 0 aromatic heterocycles. The quantitative estimate of drug-likeness (QED) is 0.720. The molecule has 1 aromatic rings. The molecule has 2 nitrogen and oxygen atoms in total. The Morgan fingerprint density at radius 2 is 1.78 bits per heavy atom. The molecule has 1 unspecified atom stereocenters. The monoisotopic (exact) mass is 331 g/mol. The van der Waals surface area contributed by atoms with Gasteiger partial charge in [-0.25, -0.2) is 0 Å². The zero-order valence-corrected chi connectivity index (χ0v) is 14.9. The van der Waals surface area contributed by atoms with E-state index < -0.39 is 0 Å². The van der Waals surface area contributed by atoms with Crippen molar-refractivity contribution >= 4 is 18.5 Å². The number of hydrogen-bond acceptors (Lipinski definition) is 2. The Morgan fingerprint density at radius 3 is 2.39 bits per heavy atom. The fraction of sp³-hybridized carbons (Fsp3) is 0.650. The van der Waals surface area contributed by atoms with Crippen molar-refractivity contribution < 1.29 is 4.79 Å². The SMILES string of the molecule is O=C(C(c1ccccc1)C1CCCCC1)N(CCCS)C1CC1. The molecule has 23 heavy (non-hydrogen) atoms. The lowest BCUT2D eigenvalue weighted by molar-refractivity contribution is -0.135. The molecule has 1 atom stereocenters. The molecule has 2 fully saturated rings. The van der Waals surface area contributed by atoms with Gasteiger partial charge in [0.1, 0.15) is 0 Å². The van der Waals surface area contributed by atoms with Crippen LogP contribution >= 0.6 is 12.6 Å². The summed E-state index contributed by atoms with van der Waals surface area (Å²) >= 11 is 4.34. The maximum atomic E-state index is 13.4. The zero-order valence-electron chi connectivity index (χ0n) is 14.0. The van der Waals surface area contributed by atoms with Gasteiger partial charge in [0.25, 0.3) is 0 Å². The fourth-order valence-corrected chi connectivity index (χ4v) is 4.16. The Morgan fingerprint density at radius 1 is 1.09 bits per heavy atom. The largest absolute Gasteiger partial charge is 0.339 e. The molecule has 3 rings (SSSR count). The van der Waals surface area contributed by atoms with Crippen molar-refractivity contribution in [3.8, 4) is 0 Å². The Hall–Kier alpha value is -0.960. The average Bonchev–Trinajstić information content (AvgIpc) is 3.42. The lowest BCUT2D eigenvalue weighted by Crippen LogP contribution is -2.40. The predicted octanol–water partition coefficient (Wildman–Crippen LogP) is 4.66. The summed E-state index contributed by atoms with van der Waals surface area (Å²) in [7, 11) is 0. The summed E-state index contributed by atoms with van der Waals surface area (Å²) in [5, 5.41) is 0. The van der Waals surface area contributed by atoms with Gasteiger partial charge in [0, 0.05) is 12.6 Å². The highest BCUT2D eigenvalue weighted by molar-refractivity contribution is 7.80. The van der Waals surface area contributed by atoms with Crippen molar-refractivity contribution in [1.29, 1.82) is 0 Å². The van der Waals surface area contributed by atoms with E-state index in [1.807, 2.05) is 6.07 Å². The van der Waals surface area contributed by atoms with Crippen molar-refractivity contribution in [2.24, 2.45) is 5.92 Å². The number of carbonyl (C=O) groups excluding carboxylic acids is 1. The van der Waals surface area contributed by atoms with Crippen LogP contribution in [0.2, 0.25) is 0 Å². The highest BCUT2D eigenvalue weighted by Crippen LogP contribution is 2.39. The minimum Gasteiger partial charge on any atom is -0.339 e. The number of nitrogens with zero attached hydrogens (tertiary/aromatic N) is 1. The Labute approximate surface area is 146 Å². The van der Waals surface area contributed by atoms with Gasteiger partial charge in [-0.05, 0) is 49.3 Å². The van der Waals surface area contributed by atoms with Gasteiger partial charge in [0.2, 0.25) is 5.91 Å². The fourth-order valence-electron chi connectivity index (χ4n) is 4.02. The molecule has 1 amide bonds. The minimum absolute atomic E-state index is 0.0667. The Kier molecular flexibility index (Phi) is 6.04. The molecular formula is C20H29NOS. The summed E-state index contributed by atoms with van der Waals surface area (Å²) in [6.07, 6.45) is 9.67. The topological polar surface area (TPSA) is 20.3 Å². The molecule has 0 saturated heterocycles. The van der Waals surface area contributed by atoms with Gasteiger partial charge in [0.15, 0.2) is 0 Å². The van der Waals surface area contributed by atoms with Crippen molar-refractivity contribution in [3.63, 3.8) is 0 Å². The maximum Gasteiger partial charge on any atom is 0.230 e. The first kappa shape index (κ1) is 16.9. The Bertz CT molecular complexity index is 494. The number of amides is 1. The van der Waals surface area contributed by atoms with Crippen molar-refractivity contribution in [1.82, 2.24) is 4.90 Å². The van der Waals surface area contributed by atoms with Gasteiger partial charge in [-0.3, -0.25) is 4.79 Å². The van der Waals surface area contributed by atoms with Crippen LogP contribution < -0.4 is 0 Å². The molecule has 3 heteroatoms. The standard InChI is InChI=1S/C20H29NOS/c22-20(21(14-7-15-23)18-12-13-18)19(16-8-3-1-4-9-16)17-10-5-2-6-11-17/h1,3-4,8-9,17-19,23H,2,5-7,10-15H2. The molecule has 126 valence electrons. The van der Waals surface area contributed by atoms with Crippen LogP contribution in [0, 0.1) is 5.92 Å². The van der Waals surface area contributed by atoms with Gasteiger partial charge in [0.05, 0.1) is 5.92 Å². The maximum absolute atomic E-state index is 13.4. The lowest BCUT2D eigenvalue weighted by atomic mass is 9.76. The van der Waals surface area contributed by atoms with E-state index in [1.165, 1.54) is 50.5 Å². The molecular weight excluding hydrogens is 302 g/mol. The minimum atomic E-state index is 0.0667. The lowest BCUT2D eigenvalue weighted by Gasteiger charge is -2.34. The number of hydrogen-bond donors (Lipinski definition) is 1. The molecule has 1 aromatic carbocycles. The summed E-state index contributed by atoms with van der Waals surface area (Å²) in [6.45, 7) is 0.878. The molecule has 0 spiro atoms. The normalized spacial score (nSPS) is 20.2. The van der Waals surface area contributed by atoms with E-state index in [9.17, 15) is 4.79 Å². The van der Waals surface area contributed by atoms with Crippen molar-refractivity contribution in [3.05, 3.63) is 35.9 Å². The van der Waals surface area contributed by atoms with E-state index in [-0.39, 0.29) is 5.92 Å². The molecule has 0 N–H and O–H groups in total.